The van der Waals surface area contributed by atoms with Crippen molar-refractivity contribution in [3.63, 3.8) is 0 Å². The Morgan fingerprint density at radius 3 is 2.66 bits per heavy atom. The molecule has 0 radical (unpaired) electrons. The Balaban J connectivity index is 2.15. The summed E-state index contributed by atoms with van der Waals surface area (Å²) in [7, 11) is 3.50. The second kappa shape index (κ2) is 8.36. The van der Waals surface area contributed by atoms with Crippen LogP contribution in [-0.2, 0) is 16.0 Å². The maximum Gasteiger partial charge on any atom is 0.337 e. The monoisotopic (exact) mass is 516 g/mol. The molecular weight excluding hydrogens is 494 g/mol. The van der Waals surface area contributed by atoms with Crippen LogP contribution >= 0.6 is 22.6 Å². The molecule has 0 unspecified atom stereocenters. The number of aromatic nitrogens is 2. The van der Waals surface area contributed by atoms with Gasteiger partial charge >= 0.3 is 5.69 Å². The van der Waals surface area contributed by atoms with Crippen LogP contribution in [-0.4, -0.2) is 53.0 Å². The highest BCUT2D eigenvalue weighted by Crippen LogP contribution is 2.23. The molecule has 2 aromatic rings. The van der Waals surface area contributed by atoms with Gasteiger partial charge in [0.1, 0.15) is 17.7 Å². The average molecular weight is 516 g/mol. The van der Waals surface area contributed by atoms with Crippen molar-refractivity contribution in [3.8, 4) is 5.69 Å². The molecular formula is C19H22FIN4O4. The molecule has 0 bridgehead atoms. The van der Waals surface area contributed by atoms with Gasteiger partial charge in [0.2, 0.25) is 0 Å². The summed E-state index contributed by atoms with van der Waals surface area (Å²) in [6.07, 6.45) is 0.970. The van der Waals surface area contributed by atoms with Crippen molar-refractivity contribution in [2.75, 3.05) is 20.7 Å². The molecule has 3 rings (SSSR count). The van der Waals surface area contributed by atoms with E-state index in [2.05, 4.69) is 4.99 Å². The molecule has 1 atom stereocenters. The van der Waals surface area contributed by atoms with Crippen LogP contribution in [0.2, 0.25) is 0 Å². The van der Waals surface area contributed by atoms with Crippen LogP contribution in [0.1, 0.15) is 13.8 Å². The number of hydrogen-bond donors (Lipinski definition) is 0. The minimum Gasteiger partial charge on any atom is -0.369 e. The molecule has 0 spiro atoms. The summed E-state index contributed by atoms with van der Waals surface area (Å²) < 4.78 is 28.7. The molecule has 10 heteroatoms. The van der Waals surface area contributed by atoms with Crippen LogP contribution in [0.15, 0.2) is 38.8 Å². The van der Waals surface area contributed by atoms with Gasteiger partial charge in [-0.2, -0.15) is 0 Å². The lowest BCUT2D eigenvalue weighted by Gasteiger charge is -2.18. The molecule has 1 aliphatic rings. The first-order valence-electron chi connectivity index (χ1n) is 8.92. The second-order valence-electron chi connectivity index (χ2n) is 7.32. The smallest absolute Gasteiger partial charge is 0.337 e. The largest absolute Gasteiger partial charge is 0.369 e. The van der Waals surface area contributed by atoms with Crippen molar-refractivity contribution in [3.05, 3.63) is 54.5 Å². The Hall–Kier alpha value is -2.05. The lowest BCUT2D eigenvalue weighted by Crippen LogP contribution is -2.42. The van der Waals surface area contributed by atoms with Gasteiger partial charge in [0.15, 0.2) is 5.79 Å². The minimum atomic E-state index is -0.786. The predicted octanol–water partition coefficient (Wildman–Crippen LogP) is 2.12. The van der Waals surface area contributed by atoms with Gasteiger partial charge in [0.05, 0.1) is 25.2 Å². The van der Waals surface area contributed by atoms with Crippen molar-refractivity contribution in [2.24, 2.45) is 4.99 Å². The Kier molecular flexibility index (Phi) is 6.24. The van der Waals surface area contributed by atoms with Crippen LogP contribution in [0.25, 0.3) is 5.69 Å². The first-order valence-corrected chi connectivity index (χ1v) is 10.00. The third kappa shape index (κ3) is 4.93. The maximum atomic E-state index is 14.7. The second-order valence-corrected chi connectivity index (χ2v) is 8.57. The van der Waals surface area contributed by atoms with E-state index in [-0.39, 0.29) is 24.7 Å². The highest BCUT2D eigenvalue weighted by atomic mass is 127. The van der Waals surface area contributed by atoms with Gasteiger partial charge in [-0.05, 0) is 54.6 Å². The van der Waals surface area contributed by atoms with Crippen LogP contribution < -0.4 is 11.2 Å². The highest BCUT2D eigenvalue weighted by Gasteiger charge is 2.33. The third-order valence-electron chi connectivity index (χ3n) is 4.19. The van der Waals surface area contributed by atoms with Crippen LogP contribution in [0.5, 0.6) is 0 Å². The van der Waals surface area contributed by atoms with E-state index in [0.29, 0.717) is 3.57 Å². The zero-order valence-electron chi connectivity index (χ0n) is 16.6. The summed E-state index contributed by atoms with van der Waals surface area (Å²) in [5, 5.41) is 0. The fourth-order valence-corrected chi connectivity index (χ4v) is 3.40. The topological polar surface area (TPSA) is 78.1 Å². The fourth-order valence-electron chi connectivity index (χ4n) is 2.95. The number of hydrogen-bond acceptors (Lipinski definition) is 5. The normalized spacial score (nSPS) is 18.5. The number of halogens is 2. The summed E-state index contributed by atoms with van der Waals surface area (Å²) in [5.74, 6) is -1.34. The van der Waals surface area contributed by atoms with E-state index in [1.54, 1.807) is 38.9 Å². The standard InChI is InChI=1S/C19H22FIN4O4/c1-19(2)28-10-13(29-19)9-24-17(26)8-16(22-11-23(3)4)25(18(24)27)15-6-5-12(21)7-14(15)20/h5-8,11,13H,9-10H2,1-4H3/t13-/m1/s1. The molecule has 156 valence electrons. The van der Waals surface area contributed by atoms with Gasteiger partial charge in [-0.3, -0.25) is 9.36 Å². The summed E-state index contributed by atoms with van der Waals surface area (Å²) in [6, 6.07) is 5.68. The van der Waals surface area contributed by atoms with E-state index in [1.807, 2.05) is 22.6 Å². The molecule has 0 saturated carbocycles. The summed E-state index contributed by atoms with van der Waals surface area (Å²) in [6.45, 7) is 3.75. The molecule has 1 aromatic heterocycles. The summed E-state index contributed by atoms with van der Waals surface area (Å²) in [4.78, 5) is 31.7. The van der Waals surface area contributed by atoms with E-state index >= 15 is 0 Å². The van der Waals surface area contributed by atoms with E-state index in [4.69, 9.17) is 9.47 Å². The molecule has 2 heterocycles. The quantitative estimate of drug-likeness (QED) is 0.346. The van der Waals surface area contributed by atoms with Gasteiger partial charge in [0, 0.05) is 23.7 Å². The van der Waals surface area contributed by atoms with Gasteiger partial charge in [0.25, 0.3) is 5.56 Å². The average Bonchev–Trinajstić information content (AvgIpc) is 2.96. The first-order chi connectivity index (χ1) is 13.6. The summed E-state index contributed by atoms with van der Waals surface area (Å²) >= 11 is 1.98. The lowest BCUT2D eigenvalue weighted by molar-refractivity contribution is -0.139. The van der Waals surface area contributed by atoms with Crippen molar-refractivity contribution < 1.29 is 13.9 Å². The molecule has 0 aliphatic carbocycles. The van der Waals surface area contributed by atoms with Crippen LogP contribution in [0.4, 0.5) is 10.2 Å². The maximum absolute atomic E-state index is 14.7. The number of benzene rings is 1. The number of aliphatic imine (C=N–C) groups is 1. The first kappa shape index (κ1) is 21.7. The molecule has 8 nitrogen and oxygen atoms in total. The SMILES string of the molecule is CN(C)C=Nc1cc(=O)n(C[C@@H]2COC(C)(C)O2)c(=O)n1-c1ccc(I)cc1F. The minimum absolute atomic E-state index is 0.00917. The molecule has 0 N–H and O–H groups in total. The van der Waals surface area contributed by atoms with E-state index < -0.39 is 29.0 Å². The zero-order chi connectivity index (χ0) is 21.3. The molecule has 1 fully saturated rings. The number of ether oxygens (including phenoxy) is 2. The van der Waals surface area contributed by atoms with Crippen molar-refractivity contribution in [2.45, 2.75) is 32.3 Å². The van der Waals surface area contributed by atoms with Crippen LogP contribution in [0.3, 0.4) is 0 Å². The van der Waals surface area contributed by atoms with Crippen molar-refractivity contribution >= 4 is 34.7 Å². The molecule has 0 amide bonds. The van der Waals surface area contributed by atoms with E-state index in [0.717, 1.165) is 9.13 Å². The number of nitrogens with zero attached hydrogens (tertiary/aromatic N) is 4. The summed E-state index contributed by atoms with van der Waals surface area (Å²) in [5.41, 5.74) is -1.23. The van der Waals surface area contributed by atoms with Gasteiger partial charge in [-0.25, -0.2) is 18.7 Å². The molecule has 1 saturated heterocycles. The van der Waals surface area contributed by atoms with Gasteiger partial charge < -0.3 is 14.4 Å². The highest BCUT2D eigenvalue weighted by molar-refractivity contribution is 14.1. The molecule has 1 aromatic carbocycles. The molecule has 1 aliphatic heterocycles. The number of rotatable bonds is 5. The van der Waals surface area contributed by atoms with Crippen LogP contribution in [0, 0.1) is 9.39 Å². The van der Waals surface area contributed by atoms with Crippen molar-refractivity contribution in [1.29, 1.82) is 0 Å². The third-order valence-corrected chi connectivity index (χ3v) is 4.87. The van der Waals surface area contributed by atoms with Gasteiger partial charge in [-0.15, -0.1) is 0 Å². The zero-order valence-corrected chi connectivity index (χ0v) is 18.7. The van der Waals surface area contributed by atoms with E-state index in [1.165, 1.54) is 24.5 Å². The molecule has 29 heavy (non-hydrogen) atoms. The lowest BCUT2D eigenvalue weighted by atomic mass is 10.3. The Morgan fingerprint density at radius 2 is 2.07 bits per heavy atom. The van der Waals surface area contributed by atoms with Gasteiger partial charge in [-0.1, -0.05) is 0 Å². The van der Waals surface area contributed by atoms with E-state index in [9.17, 15) is 14.0 Å². The Morgan fingerprint density at radius 1 is 1.34 bits per heavy atom. The Labute approximate surface area is 180 Å². The van der Waals surface area contributed by atoms with Crippen molar-refractivity contribution in [1.82, 2.24) is 14.0 Å². The predicted molar refractivity (Wildman–Crippen MR) is 116 cm³/mol. The Bertz CT molecular complexity index is 1060. The fraction of sp³-hybridized carbons (Fsp3) is 0.421.